The number of rotatable bonds is 6. The highest BCUT2D eigenvalue weighted by atomic mass is 16.5. The second-order valence-electron chi connectivity index (χ2n) is 9.56. The Morgan fingerprint density at radius 1 is 1.03 bits per heavy atom. The Morgan fingerprint density at radius 2 is 1.81 bits per heavy atom. The lowest BCUT2D eigenvalue weighted by molar-refractivity contribution is 0.414. The molecule has 1 atom stereocenters. The van der Waals surface area contributed by atoms with E-state index in [1.807, 2.05) is 49.4 Å². The zero-order valence-corrected chi connectivity index (χ0v) is 21.1. The Balaban J connectivity index is 1.52. The fraction of sp³-hybridized carbons (Fsp3) is 0.241. The molecule has 3 aromatic carbocycles. The third-order valence-corrected chi connectivity index (χ3v) is 7.30. The van der Waals surface area contributed by atoms with Gasteiger partial charge in [0.05, 0.1) is 19.2 Å². The highest BCUT2D eigenvalue weighted by molar-refractivity contribution is 5.85. The van der Waals surface area contributed by atoms with E-state index in [1.165, 1.54) is 5.56 Å². The van der Waals surface area contributed by atoms with E-state index < -0.39 is 6.04 Å². The van der Waals surface area contributed by atoms with E-state index in [2.05, 4.69) is 56.6 Å². The molecule has 0 bridgehead atoms. The minimum atomic E-state index is -0.454. The van der Waals surface area contributed by atoms with Gasteiger partial charge < -0.3 is 14.6 Å². The van der Waals surface area contributed by atoms with Crippen molar-refractivity contribution in [2.75, 3.05) is 18.6 Å². The summed E-state index contributed by atoms with van der Waals surface area (Å²) in [7, 11) is 1.65. The summed E-state index contributed by atoms with van der Waals surface area (Å²) in [5, 5.41) is 13.9. The van der Waals surface area contributed by atoms with Crippen molar-refractivity contribution in [3.8, 4) is 5.75 Å². The first-order valence-corrected chi connectivity index (χ1v) is 12.4. The molecule has 186 valence electrons. The number of methoxy groups -OCH3 is 1. The summed E-state index contributed by atoms with van der Waals surface area (Å²) in [4.78, 5) is 19.1. The summed E-state index contributed by atoms with van der Waals surface area (Å²) in [6.07, 6.45) is 0.899. The molecule has 1 aliphatic rings. The van der Waals surface area contributed by atoms with Crippen molar-refractivity contribution in [2.24, 2.45) is 0 Å². The predicted molar refractivity (Wildman–Crippen MR) is 143 cm³/mol. The summed E-state index contributed by atoms with van der Waals surface area (Å²) in [6.45, 7) is 5.32. The topological polar surface area (TPSA) is 88.9 Å². The molecule has 0 spiro atoms. The quantitative estimate of drug-likeness (QED) is 0.379. The number of hydrogen-bond donors (Lipinski definition) is 1. The van der Waals surface area contributed by atoms with Crippen molar-refractivity contribution in [1.82, 2.24) is 25.2 Å². The third kappa shape index (κ3) is 4.04. The minimum Gasteiger partial charge on any atom is -0.497 e. The number of aromatic nitrogens is 5. The molecule has 0 saturated heterocycles. The van der Waals surface area contributed by atoms with E-state index in [0.717, 1.165) is 52.0 Å². The minimum absolute atomic E-state index is 0.130. The molecule has 5 aromatic rings. The van der Waals surface area contributed by atoms with Crippen LogP contribution in [0.25, 0.3) is 10.9 Å². The highest BCUT2D eigenvalue weighted by Crippen LogP contribution is 2.38. The highest BCUT2D eigenvalue weighted by Gasteiger charge is 2.34. The third-order valence-electron chi connectivity index (χ3n) is 7.30. The molecular weight excluding hydrogens is 464 g/mol. The number of benzene rings is 3. The Morgan fingerprint density at radius 3 is 2.62 bits per heavy atom. The van der Waals surface area contributed by atoms with Gasteiger partial charge in [0.25, 0.3) is 5.56 Å². The van der Waals surface area contributed by atoms with Crippen LogP contribution >= 0.6 is 0 Å². The summed E-state index contributed by atoms with van der Waals surface area (Å²) in [5.74, 6) is 1.42. The lowest BCUT2D eigenvalue weighted by atomic mass is 9.99. The molecule has 0 aliphatic carbocycles. The van der Waals surface area contributed by atoms with Crippen LogP contribution in [-0.4, -0.2) is 38.8 Å². The average molecular weight is 493 g/mol. The van der Waals surface area contributed by atoms with Gasteiger partial charge in [-0.15, -0.1) is 5.10 Å². The first-order valence-electron chi connectivity index (χ1n) is 12.4. The van der Waals surface area contributed by atoms with Gasteiger partial charge in [-0.2, -0.15) is 0 Å². The number of H-pyrrole nitrogens is 1. The van der Waals surface area contributed by atoms with Crippen LogP contribution < -0.4 is 15.2 Å². The zero-order chi connectivity index (χ0) is 25.5. The number of aromatic amines is 1. The van der Waals surface area contributed by atoms with Crippen LogP contribution in [0.2, 0.25) is 0 Å². The normalized spacial score (nSPS) is 13.6. The number of pyridine rings is 1. The lowest BCUT2D eigenvalue weighted by Crippen LogP contribution is -2.34. The molecule has 0 amide bonds. The van der Waals surface area contributed by atoms with Crippen molar-refractivity contribution in [1.29, 1.82) is 0 Å². The molecule has 1 aliphatic heterocycles. The van der Waals surface area contributed by atoms with E-state index in [1.54, 1.807) is 11.8 Å². The van der Waals surface area contributed by atoms with Gasteiger partial charge in [-0.3, -0.25) is 4.79 Å². The van der Waals surface area contributed by atoms with E-state index >= 15 is 0 Å². The molecule has 1 unspecified atom stereocenters. The van der Waals surface area contributed by atoms with Crippen LogP contribution in [0.15, 0.2) is 71.5 Å². The molecule has 8 heteroatoms. The maximum Gasteiger partial charge on any atom is 0.254 e. The number of nitrogens with zero attached hydrogens (tertiary/aromatic N) is 5. The fourth-order valence-electron chi connectivity index (χ4n) is 5.30. The SMILES string of the molecule is COc1ccc(Cn2nnnc2C(c2cc3c(C)ccc(C)c3[nH]c2=O)N2CCc3ccccc32)cc1. The van der Waals surface area contributed by atoms with Crippen LogP contribution in [0.3, 0.4) is 0 Å². The number of ether oxygens (including phenoxy) is 1. The molecule has 0 saturated carbocycles. The van der Waals surface area contributed by atoms with Gasteiger partial charge in [0, 0.05) is 23.2 Å². The van der Waals surface area contributed by atoms with Crippen molar-refractivity contribution in [2.45, 2.75) is 32.9 Å². The molecular formula is C29H28N6O2. The number of aryl methyl sites for hydroxylation is 2. The van der Waals surface area contributed by atoms with Crippen LogP contribution in [0.4, 0.5) is 5.69 Å². The van der Waals surface area contributed by atoms with Gasteiger partial charge in [-0.1, -0.05) is 42.5 Å². The predicted octanol–water partition coefficient (Wildman–Crippen LogP) is 4.34. The smallest absolute Gasteiger partial charge is 0.254 e. The zero-order valence-electron chi connectivity index (χ0n) is 21.1. The van der Waals surface area contributed by atoms with Gasteiger partial charge in [-0.25, -0.2) is 4.68 Å². The van der Waals surface area contributed by atoms with E-state index in [-0.39, 0.29) is 5.56 Å². The van der Waals surface area contributed by atoms with E-state index in [9.17, 15) is 4.79 Å². The molecule has 1 N–H and O–H groups in total. The number of hydrogen-bond acceptors (Lipinski definition) is 6. The standard InChI is InChI=1S/C29H28N6O2/c1-18-8-9-19(2)26-23(18)16-24(29(36)30-26)27(34-15-14-21-6-4-5-7-25(21)34)28-31-32-33-35(28)17-20-10-12-22(37-3)13-11-20/h4-13,16,27H,14-15,17H2,1-3H3,(H,30,36). The van der Waals surface area contributed by atoms with Crippen LogP contribution in [0, 0.1) is 13.8 Å². The van der Waals surface area contributed by atoms with E-state index in [0.29, 0.717) is 17.9 Å². The van der Waals surface area contributed by atoms with Gasteiger partial charge in [0.15, 0.2) is 5.82 Å². The second kappa shape index (κ2) is 9.20. The van der Waals surface area contributed by atoms with Crippen LogP contribution in [0.5, 0.6) is 5.75 Å². The maximum absolute atomic E-state index is 13.7. The van der Waals surface area contributed by atoms with Gasteiger partial charge in [-0.05, 0) is 77.2 Å². The molecule has 3 heterocycles. The molecule has 0 radical (unpaired) electrons. The largest absolute Gasteiger partial charge is 0.497 e. The number of tetrazole rings is 1. The van der Waals surface area contributed by atoms with Crippen LogP contribution in [0.1, 0.15) is 39.7 Å². The van der Waals surface area contributed by atoms with Crippen molar-refractivity contribution >= 4 is 16.6 Å². The van der Waals surface area contributed by atoms with E-state index in [4.69, 9.17) is 4.74 Å². The number of para-hydroxylation sites is 1. The Kier molecular flexibility index (Phi) is 5.71. The molecule has 0 fully saturated rings. The van der Waals surface area contributed by atoms with Gasteiger partial charge >= 0.3 is 0 Å². The average Bonchev–Trinajstić information content (AvgIpc) is 3.55. The second-order valence-corrected chi connectivity index (χ2v) is 9.56. The summed E-state index contributed by atoms with van der Waals surface area (Å²) < 4.78 is 7.09. The van der Waals surface area contributed by atoms with Gasteiger partial charge in [0.1, 0.15) is 11.8 Å². The number of fused-ring (bicyclic) bond motifs is 2. The molecule has 37 heavy (non-hydrogen) atoms. The summed E-state index contributed by atoms with van der Waals surface area (Å²) in [6, 6.07) is 21.9. The molecule has 2 aromatic heterocycles. The van der Waals surface area contributed by atoms with Gasteiger partial charge in [0.2, 0.25) is 0 Å². The Labute approximate surface area is 214 Å². The number of nitrogens with one attached hydrogen (secondary N) is 1. The van der Waals surface area contributed by atoms with Crippen molar-refractivity contribution in [3.05, 3.63) is 111 Å². The number of anilines is 1. The van der Waals surface area contributed by atoms with Crippen LogP contribution in [-0.2, 0) is 13.0 Å². The summed E-state index contributed by atoms with van der Waals surface area (Å²) >= 11 is 0. The lowest BCUT2D eigenvalue weighted by Gasteiger charge is -2.29. The molecule has 6 rings (SSSR count). The maximum atomic E-state index is 13.7. The van der Waals surface area contributed by atoms with Crippen molar-refractivity contribution < 1.29 is 4.74 Å². The first kappa shape index (κ1) is 23.0. The monoisotopic (exact) mass is 492 g/mol. The fourth-order valence-corrected chi connectivity index (χ4v) is 5.30. The Bertz CT molecular complexity index is 1650. The van der Waals surface area contributed by atoms with Crippen molar-refractivity contribution in [3.63, 3.8) is 0 Å². The summed E-state index contributed by atoms with van der Waals surface area (Å²) in [5.41, 5.74) is 6.91. The Hall–Kier alpha value is -4.46. The molecule has 8 nitrogen and oxygen atoms in total. The first-order chi connectivity index (χ1) is 18.0.